The van der Waals surface area contributed by atoms with Gasteiger partial charge in [0.25, 0.3) is 0 Å². The van der Waals surface area contributed by atoms with Gasteiger partial charge in [-0.25, -0.2) is 0 Å². The molecule has 3 rings (SSSR count). The molecule has 1 aliphatic rings. The molecule has 0 atom stereocenters. The molecule has 0 spiro atoms. The van der Waals surface area contributed by atoms with E-state index in [0.717, 1.165) is 31.7 Å². The molecule has 0 saturated heterocycles. The molecule has 0 aliphatic carbocycles. The highest BCUT2D eigenvalue weighted by Crippen LogP contribution is 2.24. The molecule has 2 aromatic rings. The van der Waals surface area contributed by atoms with Gasteiger partial charge in [-0.3, -0.25) is 5.10 Å². The largest absolute Gasteiger partial charge is 0.492 e. The van der Waals surface area contributed by atoms with Gasteiger partial charge in [-0.15, -0.1) is 0 Å². The summed E-state index contributed by atoms with van der Waals surface area (Å²) < 4.78 is 5.72. The van der Waals surface area contributed by atoms with Crippen molar-refractivity contribution in [1.29, 1.82) is 5.26 Å². The molecule has 5 heteroatoms. The van der Waals surface area contributed by atoms with Crippen molar-refractivity contribution < 1.29 is 4.74 Å². The van der Waals surface area contributed by atoms with Crippen LogP contribution in [0.15, 0.2) is 30.5 Å². The van der Waals surface area contributed by atoms with Crippen molar-refractivity contribution in [3.8, 4) is 11.8 Å². The predicted molar refractivity (Wildman–Crippen MR) is 75.8 cm³/mol. The number of ether oxygens (including phenoxy) is 1. The molecule has 1 aromatic heterocycles. The van der Waals surface area contributed by atoms with E-state index in [1.54, 1.807) is 12.1 Å². The average Bonchev–Trinajstić information content (AvgIpc) is 2.97. The van der Waals surface area contributed by atoms with Crippen LogP contribution in [0.5, 0.6) is 5.75 Å². The number of hydrogen-bond donors (Lipinski definition) is 1. The van der Waals surface area contributed by atoms with Gasteiger partial charge in [0.05, 0.1) is 35.8 Å². The van der Waals surface area contributed by atoms with Crippen LogP contribution >= 0.6 is 0 Å². The van der Waals surface area contributed by atoms with Crippen LogP contribution in [0.1, 0.15) is 17.7 Å². The minimum atomic E-state index is 0.597. The number of nitriles is 1. The monoisotopic (exact) mass is 268 g/mol. The first-order valence-electron chi connectivity index (χ1n) is 6.77. The van der Waals surface area contributed by atoms with Gasteiger partial charge in [-0.2, -0.15) is 10.4 Å². The Bertz CT molecular complexity index is 629. The number of fused-ring (bicyclic) bond motifs is 1. The van der Waals surface area contributed by atoms with Crippen molar-refractivity contribution in [2.45, 2.75) is 12.8 Å². The highest BCUT2D eigenvalue weighted by molar-refractivity contribution is 5.50. The number of benzene rings is 1. The van der Waals surface area contributed by atoms with Crippen molar-refractivity contribution in [2.24, 2.45) is 0 Å². The van der Waals surface area contributed by atoms with E-state index in [2.05, 4.69) is 21.2 Å². The lowest BCUT2D eigenvalue weighted by Crippen LogP contribution is -2.32. The summed E-state index contributed by atoms with van der Waals surface area (Å²) in [4.78, 5) is 2.29. The van der Waals surface area contributed by atoms with Crippen molar-refractivity contribution in [1.82, 2.24) is 10.2 Å². The van der Waals surface area contributed by atoms with E-state index in [1.807, 2.05) is 18.3 Å². The molecule has 1 aromatic carbocycles. The van der Waals surface area contributed by atoms with Gasteiger partial charge < -0.3 is 9.64 Å². The van der Waals surface area contributed by atoms with Crippen molar-refractivity contribution >= 4 is 5.69 Å². The third kappa shape index (κ3) is 2.59. The quantitative estimate of drug-likeness (QED) is 0.922. The fourth-order valence-electron chi connectivity index (χ4n) is 2.49. The van der Waals surface area contributed by atoms with Crippen LogP contribution in [-0.2, 0) is 6.42 Å². The van der Waals surface area contributed by atoms with Crippen LogP contribution in [-0.4, -0.2) is 29.9 Å². The lowest BCUT2D eigenvalue weighted by atomic mass is 10.1. The number of aromatic amines is 1. The van der Waals surface area contributed by atoms with Crippen LogP contribution in [0.3, 0.4) is 0 Å². The maximum absolute atomic E-state index is 8.85. The standard InChI is InChI=1S/C15H16N4O/c16-10-12-3-1-4-13(9-12)20-8-7-19-6-2-5-14-15(19)11-17-18-14/h1,3-4,9,11H,2,5-8H2,(H,17,18). The van der Waals surface area contributed by atoms with E-state index >= 15 is 0 Å². The molecule has 0 bridgehead atoms. The second kappa shape index (κ2) is 5.66. The number of H-pyrrole nitrogens is 1. The van der Waals surface area contributed by atoms with E-state index in [9.17, 15) is 0 Å². The lowest BCUT2D eigenvalue weighted by molar-refractivity contribution is 0.322. The van der Waals surface area contributed by atoms with Gasteiger partial charge in [0.2, 0.25) is 0 Å². The second-order valence-corrected chi connectivity index (χ2v) is 4.81. The van der Waals surface area contributed by atoms with Crippen LogP contribution in [0.2, 0.25) is 0 Å². The van der Waals surface area contributed by atoms with E-state index in [4.69, 9.17) is 10.00 Å². The first kappa shape index (κ1) is 12.5. The molecule has 2 heterocycles. The number of rotatable bonds is 4. The third-order valence-corrected chi connectivity index (χ3v) is 3.48. The second-order valence-electron chi connectivity index (χ2n) is 4.81. The molecule has 20 heavy (non-hydrogen) atoms. The Balaban J connectivity index is 1.57. The topological polar surface area (TPSA) is 64.9 Å². The SMILES string of the molecule is N#Cc1cccc(OCCN2CCCc3[nH]ncc32)c1. The Morgan fingerprint density at radius 3 is 3.30 bits per heavy atom. The zero-order chi connectivity index (χ0) is 13.8. The van der Waals surface area contributed by atoms with E-state index in [-0.39, 0.29) is 0 Å². The van der Waals surface area contributed by atoms with E-state index in [0.29, 0.717) is 12.2 Å². The maximum atomic E-state index is 8.85. The number of anilines is 1. The Kier molecular flexibility index (Phi) is 3.55. The predicted octanol–water partition coefficient (Wildman–Crippen LogP) is 2.11. The molecule has 5 nitrogen and oxygen atoms in total. The highest BCUT2D eigenvalue weighted by atomic mass is 16.5. The van der Waals surface area contributed by atoms with Crippen LogP contribution in [0.4, 0.5) is 5.69 Å². The van der Waals surface area contributed by atoms with Gasteiger partial charge in [0, 0.05) is 6.54 Å². The van der Waals surface area contributed by atoms with Gasteiger partial charge in [-0.1, -0.05) is 6.07 Å². The number of hydrogen-bond acceptors (Lipinski definition) is 4. The van der Waals surface area contributed by atoms with Gasteiger partial charge in [0.15, 0.2) is 0 Å². The number of nitrogens with zero attached hydrogens (tertiary/aromatic N) is 3. The molecule has 0 radical (unpaired) electrons. The van der Waals surface area contributed by atoms with Gasteiger partial charge in [0.1, 0.15) is 12.4 Å². The zero-order valence-corrected chi connectivity index (χ0v) is 11.2. The van der Waals surface area contributed by atoms with E-state index < -0.39 is 0 Å². The molecular formula is C15H16N4O. The van der Waals surface area contributed by atoms with Crippen LogP contribution in [0.25, 0.3) is 0 Å². The summed E-state index contributed by atoms with van der Waals surface area (Å²) in [7, 11) is 0. The van der Waals surface area contributed by atoms with Gasteiger partial charge in [-0.05, 0) is 31.0 Å². The fourth-order valence-corrected chi connectivity index (χ4v) is 2.49. The molecular weight excluding hydrogens is 252 g/mol. The normalized spacial score (nSPS) is 13.7. The minimum absolute atomic E-state index is 0.597. The summed E-state index contributed by atoms with van der Waals surface area (Å²) in [5, 5.41) is 16.0. The average molecular weight is 268 g/mol. The van der Waals surface area contributed by atoms with E-state index in [1.165, 1.54) is 11.4 Å². The number of aryl methyl sites for hydroxylation is 1. The maximum Gasteiger partial charge on any atom is 0.120 e. The summed E-state index contributed by atoms with van der Waals surface area (Å²) in [6.45, 7) is 2.46. The van der Waals surface area contributed by atoms with Crippen molar-refractivity contribution in [3.63, 3.8) is 0 Å². The number of aromatic nitrogens is 2. The Morgan fingerprint density at radius 2 is 2.40 bits per heavy atom. The summed E-state index contributed by atoms with van der Waals surface area (Å²) in [6, 6.07) is 9.36. The molecule has 102 valence electrons. The van der Waals surface area contributed by atoms with Crippen LogP contribution in [0, 0.1) is 11.3 Å². The summed E-state index contributed by atoms with van der Waals surface area (Å²) in [5.41, 5.74) is 3.02. The summed E-state index contributed by atoms with van der Waals surface area (Å²) in [5.74, 6) is 0.744. The zero-order valence-electron chi connectivity index (χ0n) is 11.2. The smallest absolute Gasteiger partial charge is 0.120 e. The highest BCUT2D eigenvalue weighted by Gasteiger charge is 2.18. The summed E-state index contributed by atoms with van der Waals surface area (Å²) in [6.07, 6.45) is 4.08. The molecule has 1 aliphatic heterocycles. The van der Waals surface area contributed by atoms with Crippen molar-refractivity contribution in [2.75, 3.05) is 24.6 Å². The molecule has 0 saturated carbocycles. The number of nitrogens with one attached hydrogen (secondary N) is 1. The lowest BCUT2D eigenvalue weighted by Gasteiger charge is -2.28. The van der Waals surface area contributed by atoms with Crippen molar-refractivity contribution in [3.05, 3.63) is 41.7 Å². The molecule has 0 unspecified atom stereocenters. The van der Waals surface area contributed by atoms with Gasteiger partial charge >= 0.3 is 0 Å². The Labute approximate surface area is 117 Å². The Hall–Kier alpha value is -2.48. The molecule has 0 amide bonds. The molecule has 0 fully saturated rings. The first-order chi connectivity index (χ1) is 9.86. The summed E-state index contributed by atoms with van der Waals surface area (Å²) >= 11 is 0. The molecule has 1 N–H and O–H groups in total. The third-order valence-electron chi connectivity index (χ3n) is 3.48. The fraction of sp³-hybridized carbons (Fsp3) is 0.333. The minimum Gasteiger partial charge on any atom is -0.492 e. The van der Waals surface area contributed by atoms with Crippen LogP contribution < -0.4 is 9.64 Å². The first-order valence-corrected chi connectivity index (χ1v) is 6.77. The Morgan fingerprint density at radius 1 is 1.45 bits per heavy atom.